The number of methoxy groups -OCH3 is 1. The zero-order chi connectivity index (χ0) is 10.7. The summed E-state index contributed by atoms with van der Waals surface area (Å²) in [6.45, 7) is 0. The number of hydrogen-bond donors (Lipinski definition) is 1. The van der Waals surface area contributed by atoms with Crippen molar-refractivity contribution < 1.29 is 9.26 Å². The lowest BCUT2D eigenvalue weighted by atomic mass is 10.1. The largest absolute Gasteiger partial charge is 0.496 e. The lowest BCUT2D eigenvalue weighted by Gasteiger charge is -2.04. The third kappa shape index (κ3) is 2.07. The molecule has 0 aliphatic rings. The summed E-state index contributed by atoms with van der Waals surface area (Å²) >= 11 is 0. The Balaban J connectivity index is 2.23. The molecule has 0 unspecified atom stereocenters. The summed E-state index contributed by atoms with van der Waals surface area (Å²) in [5.74, 6) is 1.44. The van der Waals surface area contributed by atoms with Gasteiger partial charge in [-0.15, -0.1) is 0 Å². The number of ether oxygens (including phenoxy) is 1. The normalized spacial score (nSPS) is 10.2. The molecule has 2 N–H and O–H groups in total. The summed E-state index contributed by atoms with van der Waals surface area (Å²) in [4.78, 5) is 3.93. The van der Waals surface area contributed by atoms with Gasteiger partial charge in [0.2, 0.25) is 5.89 Å². The fourth-order valence-electron chi connectivity index (χ4n) is 1.35. The van der Waals surface area contributed by atoms with E-state index in [-0.39, 0.29) is 5.95 Å². The molecule has 0 radical (unpaired) electrons. The van der Waals surface area contributed by atoms with E-state index < -0.39 is 0 Å². The average molecular weight is 205 g/mol. The predicted octanol–water partition coefficient (Wildman–Crippen LogP) is 1.25. The smallest absolute Gasteiger partial charge is 0.260 e. The molecule has 1 heterocycles. The minimum atomic E-state index is 0.153. The number of para-hydroxylation sites is 1. The van der Waals surface area contributed by atoms with Gasteiger partial charge in [-0.05, 0) is 11.2 Å². The number of anilines is 1. The zero-order valence-corrected chi connectivity index (χ0v) is 8.30. The van der Waals surface area contributed by atoms with Gasteiger partial charge >= 0.3 is 0 Å². The number of rotatable bonds is 3. The maximum absolute atomic E-state index is 5.36. The molecule has 0 saturated heterocycles. The average Bonchev–Trinajstić information content (AvgIpc) is 2.65. The van der Waals surface area contributed by atoms with Crippen molar-refractivity contribution in [3.05, 3.63) is 35.7 Å². The number of hydrogen-bond acceptors (Lipinski definition) is 5. The monoisotopic (exact) mass is 205 g/mol. The fraction of sp³-hybridized carbons (Fsp3) is 0.200. The zero-order valence-electron chi connectivity index (χ0n) is 8.30. The van der Waals surface area contributed by atoms with Crippen molar-refractivity contribution in [3.63, 3.8) is 0 Å². The summed E-state index contributed by atoms with van der Waals surface area (Å²) in [6.07, 6.45) is 0.522. The van der Waals surface area contributed by atoms with Crippen molar-refractivity contribution >= 4 is 5.95 Å². The number of benzene rings is 1. The Bertz CT molecular complexity index is 453. The van der Waals surface area contributed by atoms with Crippen LogP contribution in [0.1, 0.15) is 11.5 Å². The van der Waals surface area contributed by atoms with Crippen molar-refractivity contribution in [1.29, 1.82) is 0 Å². The van der Waals surface area contributed by atoms with E-state index in [1.165, 1.54) is 0 Å². The molecular formula is C10H11N3O2. The minimum absolute atomic E-state index is 0.153. The highest BCUT2D eigenvalue weighted by Crippen LogP contribution is 2.20. The van der Waals surface area contributed by atoms with Crippen LogP contribution >= 0.6 is 0 Å². The van der Waals surface area contributed by atoms with Crippen LogP contribution in [0, 0.1) is 0 Å². The van der Waals surface area contributed by atoms with Crippen LogP contribution < -0.4 is 10.5 Å². The van der Waals surface area contributed by atoms with Crippen LogP contribution in [0.5, 0.6) is 5.75 Å². The van der Waals surface area contributed by atoms with Crippen LogP contribution in [0.3, 0.4) is 0 Å². The summed E-state index contributed by atoms with van der Waals surface area (Å²) < 4.78 is 10.1. The van der Waals surface area contributed by atoms with E-state index in [1.54, 1.807) is 7.11 Å². The number of nitrogens with zero attached hydrogens (tertiary/aromatic N) is 2. The molecule has 0 atom stereocenters. The SMILES string of the molecule is COc1ccccc1Cc1nc(N)no1. The number of nitrogens with two attached hydrogens (primary N) is 1. The summed E-state index contributed by atoms with van der Waals surface area (Å²) in [5.41, 5.74) is 6.35. The van der Waals surface area contributed by atoms with Gasteiger partial charge in [-0.3, -0.25) is 0 Å². The van der Waals surface area contributed by atoms with E-state index in [9.17, 15) is 0 Å². The molecule has 0 fully saturated rings. The van der Waals surface area contributed by atoms with Crippen LogP contribution in [0.25, 0.3) is 0 Å². The molecule has 0 spiro atoms. The standard InChI is InChI=1S/C10H11N3O2/c1-14-8-5-3-2-4-7(8)6-9-12-10(11)13-15-9/h2-5H,6H2,1H3,(H2,11,13). The Kier molecular flexibility index (Phi) is 2.53. The van der Waals surface area contributed by atoms with Gasteiger partial charge in [-0.1, -0.05) is 18.2 Å². The molecule has 0 aliphatic heterocycles. The maximum Gasteiger partial charge on any atom is 0.260 e. The Morgan fingerprint density at radius 3 is 2.87 bits per heavy atom. The van der Waals surface area contributed by atoms with Crippen LogP contribution in [0.2, 0.25) is 0 Å². The minimum Gasteiger partial charge on any atom is -0.496 e. The second-order valence-electron chi connectivity index (χ2n) is 3.03. The first-order chi connectivity index (χ1) is 7.29. The van der Waals surface area contributed by atoms with Crippen molar-refractivity contribution in [2.45, 2.75) is 6.42 Å². The van der Waals surface area contributed by atoms with E-state index in [4.69, 9.17) is 15.0 Å². The topological polar surface area (TPSA) is 74.2 Å². The lowest BCUT2D eigenvalue weighted by Crippen LogP contribution is -1.94. The lowest BCUT2D eigenvalue weighted by molar-refractivity contribution is 0.380. The van der Waals surface area contributed by atoms with Gasteiger partial charge in [0.15, 0.2) is 0 Å². The number of nitrogen functional groups attached to an aromatic ring is 1. The van der Waals surface area contributed by atoms with E-state index in [0.29, 0.717) is 12.3 Å². The van der Waals surface area contributed by atoms with Crippen LogP contribution in [-0.4, -0.2) is 17.3 Å². The van der Waals surface area contributed by atoms with Gasteiger partial charge in [0.25, 0.3) is 5.95 Å². The Morgan fingerprint density at radius 1 is 1.40 bits per heavy atom. The summed E-state index contributed by atoms with van der Waals surface area (Å²) in [6, 6.07) is 7.66. The van der Waals surface area contributed by atoms with Gasteiger partial charge < -0.3 is 15.0 Å². The second-order valence-corrected chi connectivity index (χ2v) is 3.03. The summed E-state index contributed by atoms with van der Waals surface area (Å²) in [5, 5.41) is 3.52. The van der Waals surface area contributed by atoms with Gasteiger partial charge in [0.05, 0.1) is 13.5 Å². The van der Waals surface area contributed by atoms with Crippen molar-refractivity contribution in [3.8, 4) is 5.75 Å². The maximum atomic E-state index is 5.36. The van der Waals surface area contributed by atoms with Crippen LogP contribution in [0.4, 0.5) is 5.95 Å². The molecule has 78 valence electrons. The van der Waals surface area contributed by atoms with E-state index in [1.807, 2.05) is 24.3 Å². The first-order valence-corrected chi connectivity index (χ1v) is 4.49. The third-order valence-electron chi connectivity index (χ3n) is 2.02. The molecule has 5 nitrogen and oxygen atoms in total. The molecule has 1 aromatic heterocycles. The van der Waals surface area contributed by atoms with Gasteiger partial charge in [0.1, 0.15) is 5.75 Å². The highest BCUT2D eigenvalue weighted by molar-refractivity contribution is 5.35. The molecule has 5 heteroatoms. The summed E-state index contributed by atoms with van der Waals surface area (Å²) in [7, 11) is 1.63. The molecule has 0 amide bonds. The third-order valence-corrected chi connectivity index (χ3v) is 2.02. The Morgan fingerprint density at radius 2 is 2.20 bits per heavy atom. The number of aromatic nitrogens is 2. The predicted molar refractivity (Wildman–Crippen MR) is 54.5 cm³/mol. The first kappa shape index (κ1) is 9.51. The quantitative estimate of drug-likeness (QED) is 0.816. The molecule has 0 aliphatic carbocycles. The van der Waals surface area contributed by atoms with E-state index in [2.05, 4.69) is 10.1 Å². The van der Waals surface area contributed by atoms with Gasteiger partial charge in [-0.2, -0.15) is 4.98 Å². The molecule has 0 bridgehead atoms. The first-order valence-electron chi connectivity index (χ1n) is 4.49. The molecule has 2 aromatic rings. The molecule has 2 rings (SSSR count). The molecule has 0 saturated carbocycles. The highest BCUT2D eigenvalue weighted by atomic mass is 16.5. The van der Waals surface area contributed by atoms with E-state index >= 15 is 0 Å². The highest BCUT2D eigenvalue weighted by Gasteiger charge is 2.08. The molecular weight excluding hydrogens is 194 g/mol. The van der Waals surface area contributed by atoms with Crippen molar-refractivity contribution in [2.75, 3.05) is 12.8 Å². The van der Waals surface area contributed by atoms with Crippen molar-refractivity contribution in [2.24, 2.45) is 0 Å². The van der Waals surface area contributed by atoms with Crippen LogP contribution in [0.15, 0.2) is 28.8 Å². The Hall–Kier alpha value is -2.04. The fourth-order valence-corrected chi connectivity index (χ4v) is 1.35. The Labute approximate surface area is 86.9 Å². The molecule has 1 aromatic carbocycles. The van der Waals surface area contributed by atoms with Crippen molar-refractivity contribution in [1.82, 2.24) is 10.1 Å². The van der Waals surface area contributed by atoms with E-state index in [0.717, 1.165) is 11.3 Å². The molecule has 15 heavy (non-hydrogen) atoms. The van der Waals surface area contributed by atoms with Gasteiger partial charge in [-0.25, -0.2) is 0 Å². The van der Waals surface area contributed by atoms with Crippen LogP contribution in [-0.2, 0) is 6.42 Å². The second kappa shape index (κ2) is 4.00. The van der Waals surface area contributed by atoms with Gasteiger partial charge in [0, 0.05) is 5.56 Å².